The molecule has 1 saturated heterocycles. The van der Waals surface area contributed by atoms with Gasteiger partial charge in [0.15, 0.2) is 6.29 Å². The van der Waals surface area contributed by atoms with Crippen LogP contribution in [0, 0.1) is 0 Å². The average molecular weight is 555 g/mol. The third-order valence-corrected chi connectivity index (χ3v) is 7.07. The van der Waals surface area contributed by atoms with E-state index in [1.165, 1.54) is 0 Å². The summed E-state index contributed by atoms with van der Waals surface area (Å²) in [6.07, 6.45) is -2.59. The van der Waals surface area contributed by atoms with Gasteiger partial charge in [-0.3, -0.25) is 0 Å². The largest absolute Gasteiger partial charge is 0.374 e. The van der Waals surface area contributed by atoms with E-state index < -0.39 is 30.7 Å². The number of hydrogen-bond donors (Lipinski definition) is 0. The zero-order chi connectivity index (χ0) is 28.1. The molecule has 1 fully saturated rings. The number of benzene rings is 4. The molecule has 6 nitrogen and oxygen atoms in total. The van der Waals surface area contributed by atoms with Crippen molar-refractivity contribution in [2.24, 2.45) is 0 Å². The lowest BCUT2D eigenvalue weighted by atomic mass is 9.97. The number of hydrogen-bond acceptors (Lipinski definition) is 6. The van der Waals surface area contributed by atoms with E-state index in [1.807, 2.05) is 121 Å². The molecule has 0 saturated carbocycles. The summed E-state index contributed by atoms with van der Waals surface area (Å²) in [7, 11) is 1.63. The van der Waals surface area contributed by atoms with Crippen molar-refractivity contribution in [1.82, 2.24) is 0 Å². The van der Waals surface area contributed by atoms with Gasteiger partial charge in [0.2, 0.25) is 0 Å². The fourth-order valence-electron chi connectivity index (χ4n) is 4.94. The number of rotatable bonds is 14. The van der Waals surface area contributed by atoms with Crippen LogP contribution >= 0.6 is 0 Å². The molecule has 1 aliphatic heterocycles. The normalized spacial score (nSPS) is 22.4. The zero-order valence-electron chi connectivity index (χ0n) is 23.4. The Morgan fingerprint density at radius 1 is 0.488 bits per heavy atom. The van der Waals surface area contributed by atoms with E-state index in [4.69, 9.17) is 28.4 Å². The first-order valence-corrected chi connectivity index (χ1v) is 14.1. The lowest BCUT2D eigenvalue weighted by Gasteiger charge is -2.45. The molecule has 5 rings (SSSR count). The van der Waals surface area contributed by atoms with Gasteiger partial charge >= 0.3 is 0 Å². The van der Waals surface area contributed by atoms with Crippen LogP contribution in [-0.2, 0) is 54.8 Å². The van der Waals surface area contributed by atoms with Gasteiger partial charge in [-0.25, -0.2) is 0 Å². The topological polar surface area (TPSA) is 55.4 Å². The van der Waals surface area contributed by atoms with Crippen molar-refractivity contribution in [3.05, 3.63) is 144 Å². The third-order valence-electron chi connectivity index (χ3n) is 7.07. The highest BCUT2D eigenvalue weighted by atomic mass is 16.7. The van der Waals surface area contributed by atoms with Crippen LogP contribution in [0.15, 0.2) is 121 Å². The highest BCUT2D eigenvalue weighted by Crippen LogP contribution is 2.31. The molecule has 5 atom stereocenters. The molecule has 6 heteroatoms. The highest BCUT2D eigenvalue weighted by Gasteiger charge is 2.48. The molecule has 0 N–H and O–H groups in total. The lowest BCUT2D eigenvalue weighted by molar-refractivity contribution is -0.323. The Labute approximate surface area is 242 Å². The van der Waals surface area contributed by atoms with E-state index in [0.717, 1.165) is 22.3 Å². The van der Waals surface area contributed by atoms with Crippen molar-refractivity contribution >= 4 is 0 Å². The van der Waals surface area contributed by atoms with Gasteiger partial charge in [0.05, 0.1) is 33.0 Å². The van der Waals surface area contributed by atoms with Gasteiger partial charge in [0, 0.05) is 7.11 Å². The van der Waals surface area contributed by atoms with E-state index in [2.05, 4.69) is 0 Å². The summed E-state index contributed by atoms with van der Waals surface area (Å²) >= 11 is 0. The molecule has 0 aromatic heterocycles. The Morgan fingerprint density at radius 2 is 0.878 bits per heavy atom. The summed E-state index contributed by atoms with van der Waals surface area (Å²) < 4.78 is 38.2. The fourth-order valence-corrected chi connectivity index (χ4v) is 4.94. The van der Waals surface area contributed by atoms with Crippen LogP contribution in [0.3, 0.4) is 0 Å². The van der Waals surface area contributed by atoms with Gasteiger partial charge in [-0.1, -0.05) is 121 Å². The molecule has 1 aliphatic rings. The predicted molar refractivity (Wildman–Crippen MR) is 157 cm³/mol. The van der Waals surface area contributed by atoms with Crippen LogP contribution < -0.4 is 0 Å². The first-order valence-electron chi connectivity index (χ1n) is 14.1. The van der Waals surface area contributed by atoms with Crippen molar-refractivity contribution in [1.29, 1.82) is 0 Å². The minimum absolute atomic E-state index is 0.310. The Bertz CT molecular complexity index is 1260. The molecule has 0 spiro atoms. The van der Waals surface area contributed by atoms with Crippen LogP contribution in [0.4, 0.5) is 0 Å². The van der Waals surface area contributed by atoms with E-state index in [-0.39, 0.29) is 0 Å². The smallest absolute Gasteiger partial charge is 0.186 e. The van der Waals surface area contributed by atoms with E-state index >= 15 is 0 Å². The van der Waals surface area contributed by atoms with Crippen LogP contribution in [-0.4, -0.2) is 44.4 Å². The molecule has 0 bridgehead atoms. The first kappa shape index (κ1) is 29.1. The first-order chi connectivity index (χ1) is 20.3. The summed E-state index contributed by atoms with van der Waals surface area (Å²) in [5.41, 5.74) is 4.27. The van der Waals surface area contributed by atoms with Gasteiger partial charge in [-0.05, 0) is 22.3 Å². The molecule has 4 aromatic rings. The molecular formula is C35H38O6. The standard InChI is InChI=1S/C35H38O6/c1-36-35-34(40-25-30-20-12-5-13-21-30)33(39-24-29-18-10-4-11-19-29)32(38-23-28-16-8-3-9-17-28)31(41-35)26-37-22-27-14-6-2-7-15-27/h2-21,31-35H,22-26H2,1H3/t31?,32-,33?,34?,35-/m1/s1. The maximum absolute atomic E-state index is 6.63. The van der Waals surface area contributed by atoms with Gasteiger partial charge in [-0.2, -0.15) is 0 Å². The molecule has 0 amide bonds. The number of methoxy groups -OCH3 is 1. The Balaban J connectivity index is 1.38. The van der Waals surface area contributed by atoms with Crippen LogP contribution in [0.1, 0.15) is 22.3 Å². The second kappa shape index (κ2) is 15.6. The van der Waals surface area contributed by atoms with Gasteiger partial charge in [-0.15, -0.1) is 0 Å². The quantitative estimate of drug-likeness (QED) is 0.182. The van der Waals surface area contributed by atoms with Crippen molar-refractivity contribution < 1.29 is 28.4 Å². The minimum atomic E-state index is -0.665. The van der Waals surface area contributed by atoms with Gasteiger partial charge in [0.25, 0.3) is 0 Å². The van der Waals surface area contributed by atoms with Crippen LogP contribution in [0.5, 0.6) is 0 Å². The molecule has 1 heterocycles. The summed E-state index contributed by atoms with van der Waals surface area (Å²) in [6.45, 7) is 1.97. The Morgan fingerprint density at radius 3 is 1.32 bits per heavy atom. The van der Waals surface area contributed by atoms with Crippen molar-refractivity contribution in [3.8, 4) is 0 Å². The van der Waals surface area contributed by atoms with Crippen molar-refractivity contribution in [3.63, 3.8) is 0 Å². The number of ether oxygens (including phenoxy) is 6. The fraction of sp³-hybridized carbons (Fsp3) is 0.314. The zero-order valence-corrected chi connectivity index (χ0v) is 23.4. The second-order valence-electron chi connectivity index (χ2n) is 10.1. The van der Waals surface area contributed by atoms with E-state index in [0.29, 0.717) is 33.0 Å². The summed E-state index contributed by atoms with van der Waals surface area (Å²) in [4.78, 5) is 0. The third kappa shape index (κ3) is 8.57. The minimum Gasteiger partial charge on any atom is -0.374 e. The maximum Gasteiger partial charge on any atom is 0.186 e. The average Bonchev–Trinajstić information content (AvgIpc) is 3.04. The summed E-state index contributed by atoms with van der Waals surface area (Å²) in [6, 6.07) is 40.4. The SMILES string of the molecule is CO[C@@H]1OC(COCc2ccccc2)[C@@H](OCc2ccccc2)C(OCc2ccccc2)C1OCc1ccccc1. The van der Waals surface area contributed by atoms with Gasteiger partial charge in [0.1, 0.15) is 24.4 Å². The predicted octanol–water partition coefficient (Wildman–Crippen LogP) is 6.33. The molecule has 41 heavy (non-hydrogen) atoms. The maximum atomic E-state index is 6.63. The van der Waals surface area contributed by atoms with Gasteiger partial charge < -0.3 is 28.4 Å². The van der Waals surface area contributed by atoms with Crippen molar-refractivity contribution in [2.45, 2.75) is 57.1 Å². The van der Waals surface area contributed by atoms with E-state index in [9.17, 15) is 0 Å². The monoisotopic (exact) mass is 554 g/mol. The molecule has 0 aliphatic carbocycles. The Kier molecular flexibility index (Phi) is 11.1. The van der Waals surface area contributed by atoms with E-state index in [1.54, 1.807) is 7.11 Å². The summed E-state index contributed by atoms with van der Waals surface area (Å²) in [5.74, 6) is 0. The molecule has 214 valence electrons. The van der Waals surface area contributed by atoms with Crippen LogP contribution in [0.25, 0.3) is 0 Å². The van der Waals surface area contributed by atoms with Crippen molar-refractivity contribution in [2.75, 3.05) is 13.7 Å². The molecule has 3 unspecified atom stereocenters. The molecule has 0 radical (unpaired) electrons. The molecular weight excluding hydrogens is 516 g/mol. The summed E-state index contributed by atoms with van der Waals surface area (Å²) in [5, 5.41) is 0. The molecule has 4 aromatic carbocycles. The Hall–Kier alpha value is -3.36. The van der Waals surface area contributed by atoms with Crippen LogP contribution in [0.2, 0.25) is 0 Å². The second-order valence-corrected chi connectivity index (χ2v) is 10.1. The highest BCUT2D eigenvalue weighted by molar-refractivity contribution is 5.16. The lowest BCUT2D eigenvalue weighted by Crippen LogP contribution is -2.61.